The standard InChI is InChI=1S/C12H14N4S/c13-11-12(15-5-4-14-11)16(10-1-2-10)7-9-3-6-17-8-9/h3-6,8,10H,1-2,7H2,(H2,13,14). The molecule has 0 spiro atoms. The van der Waals surface area contributed by atoms with Gasteiger partial charge in [-0.05, 0) is 35.2 Å². The van der Waals surface area contributed by atoms with Gasteiger partial charge in [-0.2, -0.15) is 11.3 Å². The van der Waals surface area contributed by atoms with E-state index < -0.39 is 0 Å². The molecule has 2 N–H and O–H groups in total. The monoisotopic (exact) mass is 246 g/mol. The van der Waals surface area contributed by atoms with Gasteiger partial charge in [-0.3, -0.25) is 0 Å². The molecule has 1 aliphatic carbocycles. The molecule has 1 aliphatic rings. The van der Waals surface area contributed by atoms with Gasteiger partial charge in [0.25, 0.3) is 0 Å². The molecule has 2 aromatic heterocycles. The molecule has 0 aliphatic heterocycles. The van der Waals surface area contributed by atoms with Gasteiger partial charge in [-0.15, -0.1) is 0 Å². The Morgan fingerprint density at radius 2 is 2.18 bits per heavy atom. The van der Waals surface area contributed by atoms with Crippen LogP contribution in [0.2, 0.25) is 0 Å². The van der Waals surface area contributed by atoms with Crippen LogP contribution in [0.1, 0.15) is 18.4 Å². The van der Waals surface area contributed by atoms with E-state index in [0.29, 0.717) is 11.9 Å². The van der Waals surface area contributed by atoms with Gasteiger partial charge in [0.2, 0.25) is 0 Å². The van der Waals surface area contributed by atoms with Crippen molar-refractivity contribution in [2.24, 2.45) is 0 Å². The minimum Gasteiger partial charge on any atom is -0.381 e. The van der Waals surface area contributed by atoms with Gasteiger partial charge in [-0.1, -0.05) is 0 Å². The summed E-state index contributed by atoms with van der Waals surface area (Å²) in [6, 6.07) is 2.72. The van der Waals surface area contributed by atoms with Crippen LogP contribution in [0.4, 0.5) is 11.6 Å². The zero-order valence-corrected chi connectivity index (χ0v) is 10.2. The predicted octanol–water partition coefficient (Wildman–Crippen LogP) is 2.29. The van der Waals surface area contributed by atoms with E-state index in [-0.39, 0.29) is 0 Å². The summed E-state index contributed by atoms with van der Waals surface area (Å²) in [6.45, 7) is 0.872. The first-order chi connectivity index (χ1) is 8.34. The van der Waals surface area contributed by atoms with Gasteiger partial charge >= 0.3 is 0 Å². The molecule has 17 heavy (non-hydrogen) atoms. The number of thiophene rings is 1. The van der Waals surface area contributed by atoms with Crippen molar-refractivity contribution in [3.63, 3.8) is 0 Å². The lowest BCUT2D eigenvalue weighted by Crippen LogP contribution is -2.27. The molecule has 0 saturated heterocycles. The summed E-state index contributed by atoms with van der Waals surface area (Å²) in [7, 11) is 0. The van der Waals surface area contributed by atoms with Crippen LogP contribution in [-0.4, -0.2) is 16.0 Å². The lowest BCUT2D eigenvalue weighted by Gasteiger charge is -2.23. The van der Waals surface area contributed by atoms with E-state index >= 15 is 0 Å². The Morgan fingerprint density at radius 3 is 2.82 bits per heavy atom. The third-order valence-corrected chi connectivity index (χ3v) is 3.63. The summed E-state index contributed by atoms with van der Waals surface area (Å²) in [6.07, 6.45) is 5.78. The third-order valence-electron chi connectivity index (χ3n) is 2.90. The molecule has 0 radical (unpaired) electrons. The topological polar surface area (TPSA) is 55.0 Å². The fraction of sp³-hybridized carbons (Fsp3) is 0.333. The Balaban J connectivity index is 1.88. The van der Waals surface area contributed by atoms with Crippen molar-refractivity contribution < 1.29 is 0 Å². The van der Waals surface area contributed by atoms with Crippen LogP contribution < -0.4 is 10.6 Å². The number of hydrogen-bond acceptors (Lipinski definition) is 5. The van der Waals surface area contributed by atoms with Gasteiger partial charge in [0, 0.05) is 25.0 Å². The average molecular weight is 246 g/mol. The molecular formula is C12H14N4S. The molecule has 0 amide bonds. The summed E-state index contributed by atoms with van der Waals surface area (Å²) < 4.78 is 0. The SMILES string of the molecule is Nc1nccnc1N(Cc1ccsc1)C1CC1. The predicted molar refractivity (Wildman–Crippen MR) is 70.0 cm³/mol. The van der Waals surface area contributed by atoms with Crippen molar-refractivity contribution in [3.8, 4) is 0 Å². The Kier molecular flexibility index (Phi) is 2.68. The van der Waals surface area contributed by atoms with Gasteiger partial charge in [0.05, 0.1) is 0 Å². The number of rotatable bonds is 4. The van der Waals surface area contributed by atoms with Crippen molar-refractivity contribution in [2.45, 2.75) is 25.4 Å². The van der Waals surface area contributed by atoms with Crippen molar-refractivity contribution in [1.29, 1.82) is 0 Å². The quantitative estimate of drug-likeness (QED) is 0.899. The Labute approximate surface area is 104 Å². The molecule has 88 valence electrons. The Hall–Kier alpha value is -1.62. The highest BCUT2D eigenvalue weighted by molar-refractivity contribution is 7.07. The van der Waals surface area contributed by atoms with Gasteiger partial charge < -0.3 is 10.6 Å². The third kappa shape index (κ3) is 2.24. The second kappa shape index (κ2) is 4.33. The highest BCUT2D eigenvalue weighted by Gasteiger charge is 2.31. The number of hydrogen-bond donors (Lipinski definition) is 1. The maximum absolute atomic E-state index is 5.90. The highest BCUT2D eigenvalue weighted by atomic mass is 32.1. The van der Waals surface area contributed by atoms with Crippen LogP contribution in [0.15, 0.2) is 29.2 Å². The van der Waals surface area contributed by atoms with Crippen LogP contribution in [0.3, 0.4) is 0 Å². The van der Waals surface area contributed by atoms with Crippen molar-refractivity contribution in [2.75, 3.05) is 10.6 Å². The highest BCUT2D eigenvalue weighted by Crippen LogP contribution is 2.34. The maximum atomic E-state index is 5.90. The van der Waals surface area contributed by atoms with E-state index in [9.17, 15) is 0 Å². The number of nitrogen functional groups attached to an aromatic ring is 1. The minimum atomic E-state index is 0.523. The van der Waals surface area contributed by atoms with Gasteiger partial charge in [-0.25, -0.2) is 9.97 Å². The van der Waals surface area contributed by atoms with E-state index in [0.717, 1.165) is 12.4 Å². The molecule has 4 nitrogen and oxygen atoms in total. The largest absolute Gasteiger partial charge is 0.381 e. The molecule has 2 heterocycles. The summed E-state index contributed by atoms with van der Waals surface area (Å²) >= 11 is 1.72. The summed E-state index contributed by atoms with van der Waals surface area (Å²) in [4.78, 5) is 10.7. The second-order valence-corrected chi connectivity index (χ2v) is 5.04. The van der Waals surface area contributed by atoms with E-state index in [1.807, 2.05) is 0 Å². The molecule has 2 aromatic rings. The van der Waals surface area contributed by atoms with Gasteiger partial charge in [0.15, 0.2) is 11.6 Å². The smallest absolute Gasteiger partial charge is 0.172 e. The van der Waals surface area contributed by atoms with Crippen molar-refractivity contribution >= 4 is 23.0 Å². The summed E-state index contributed by atoms with van der Waals surface area (Å²) in [5.41, 5.74) is 7.22. The fourth-order valence-electron chi connectivity index (χ4n) is 1.91. The van der Waals surface area contributed by atoms with Crippen molar-refractivity contribution in [3.05, 3.63) is 34.8 Å². The first kappa shape index (κ1) is 10.5. The van der Waals surface area contributed by atoms with E-state index in [1.54, 1.807) is 23.7 Å². The van der Waals surface area contributed by atoms with E-state index in [1.165, 1.54) is 18.4 Å². The zero-order valence-electron chi connectivity index (χ0n) is 9.41. The molecule has 0 atom stereocenters. The summed E-state index contributed by atoms with van der Waals surface area (Å²) in [5.74, 6) is 1.34. The summed E-state index contributed by atoms with van der Waals surface area (Å²) in [5, 5.41) is 4.27. The number of anilines is 2. The Morgan fingerprint density at radius 1 is 1.35 bits per heavy atom. The van der Waals surface area contributed by atoms with Crippen LogP contribution in [0.5, 0.6) is 0 Å². The second-order valence-electron chi connectivity index (χ2n) is 4.26. The molecule has 1 saturated carbocycles. The molecular weight excluding hydrogens is 232 g/mol. The maximum Gasteiger partial charge on any atom is 0.172 e. The number of nitrogens with zero attached hydrogens (tertiary/aromatic N) is 3. The lowest BCUT2D eigenvalue weighted by molar-refractivity contribution is 0.778. The van der Waals surface area contributed by atoms with E-state index in [2.05, 4.69) is 31.7 Å². The fourth-order valence-corrected chi connectivity index (χ4v) is 2.56. The minimum absolute atomic E-state index is 0.523. The normalized spacial score (nSPS) is 14.8. The molecule has 5 heteroatoms. The van der Waals surface area contributed by atoms with Crippen LogP contribution >= 0.6 is 11.3 Å². The van der Waals surface area contributed by atoms with Crippen LogP contribution in [0, 0.1) is 0 Å². The van der Waals surface area contributed by atoms with Crippen LogP contribution in [-0.2, 0) is 6.54 Å². The zero-order chi connectivity index (χ0) is 11.7. The molecule has 1 fully saturated rings. The number of nitrogens with two attached hydrogens (primary N) is 1. The van der Waals surface area contributed by atoms with E-state index in [4.69, 9.17) is 5.73 Å². The van der Waals surface area contributed by atoms with Crippen LogP contribution in [0.25, 0.3) is 0 Å². The molecule has 3 rings (SSSR count). The molecule has 0 bridgehead atoms. The Bertz CT molecular complexity index is 493. The van der Waals surface area contributed by atoms with Crippen molar-refractivity contribution in [1.82, 2.24) is 9.97 Å². The number of aromatic nitrogens is 2. The molecule has 0 unspecified atom stereocenters. The average Bonchev–Trinajstić information content (AvgIpc) is 3.05. The lowest BCUT2D eigenvalue weighted by atomic mass is 10.3. The first-order valence-corrected chi connectivity index (χ1v) is 6.63. The molecule has 0 aromatic carbocycles. The first-order valence-electron chi connectivity index (χ1n) is 5.69. The van der Waals surface area contributed by atoms with Gasteiger partial charge in [0.1, 0.15) is 0 Å².